The van der Waals surface area contributed by atoms with Gasteiger partial charge in [0.2, 0.25) is 0 Å². The Bertz CT molecular complexity index is 893. The largest absolute Gasteiger partial charge is 0.483 e. The fourth-order valence-corrected chi connectivity index (χ4v) is 3.25. The van der Waals surface area contributed by atoms with E-state index < -0.39 is 24.2 Å². The summed E-state index contributed by atoms with van der Waals surface area (Å²) in [5.41, 5.74) is 1.50. The Labute approximate surface area is 144 Å². The van der Waals surface area contributed by atoms with Crippen molar-refractivity contribution in [3.63, 3.8) is 0 Å². The van der Waals surface area contributed by atoms with E-state index in [1.54, 1.807) is 29.4 Å². The summed E-state index contributed by atoms with van der Waals surface area (Å²) < 4.78 is 7.95. The summed E-state index contributed by atoms with van der Waals surface area (Å²) in [5.74, 6) is -0.554. The molecule has 0 saturated heterocycles. The Balaban J connectivity index is 1.84. The van der Waals surface area contributed by atoms with Gasteiger partial charge in [-0.1, -0.05) is 30.3 Å². The Kier molecular flexibility index (Phi) is 3.74. The Morgan fingerprint density at radius 3 is 2.64 bits per heavy atom. The van der Waals surface area contributed by atoms with Gasteiger partial charge in [-0.3, -0.25) is 0 Å². The molecule has 3 aromatic rings. The average Bonchev–Trinajstić information content (AvgIpc) is 3.16. The lowest BCUT2D eigenvalue weighted by atomic mass is 9.89. The third-order valence-electron chi connectivity index (χ3n) is 4.46. The molecule has 126 valence electrons. The first-order valence-corrected chi connectivity index (χ1v) is 7.89. The summed E-state index contributed by atoms with van der Waals surface area (Å²) in [4.78, 5) is 15.3. The Morgan fingerprint density at radius 1 is 1.16 bits per heavy atom. The molecule has 6 heteroatoms. The summed E-state index contributed by atoms with van der Waals surface area (Å²) in [6.45, 7) is 0. The molecule has 0 amide bonds. The molecular weight excluding hydrogens is 320 g/mol. The molecule has 0 bridgehead atoms. The lowest BCUT2D eigenvalue weighted by molar-refractivity contribution is 0.00549. The molecule has 1 aliphatic heterocycles. The third-order valence-corrected chi connectivity index (χ3v) is 4.46. The molecule has 6 nitrogen and oxygen atoms in total. The van der Waals surface area contributed by atoms with E-state index in [1.165, 1.54) is 12.1 Å². The normalized spacial score (nSPS) is 22.0. The van der Waals surface area contributed by atoms with E-state index in [2.05, 4.69) is 4.98 Å². The zero-order valence-electron chi connectivity index (χ0n) is 13.2. The highest BCUT2D eigenvalue weighted by Crippen LogP contribution is 2.47. The van der Waals surface area contributed by atoms with E-state index in [0.717, 1.165) is 5.56 Å². The summed E-state index contributed by atoms with van der Waals surface area (Å²) in [5, 5.41) is 20.2. The minimum atomic E-state index is -1.04. The van der Waals surface area contributed by atoms with Crippen molar-refractivity contribution in [3.8, 4) is 5.75 Å². The highest BCUT2D eigenvalue weighted by atomic mass is 16.5. The van der Waals surface area contributed by atoms with Crippen molar-refractivity contribution >= 4 is 5.97 Å². The number of carbonyl (C=O) groups is 1. The number of ether oxygens (including phenoxy) is 1. The number of imidazole rings is 1. The molecule has 0 aliphatic carbocycles. The van der Waals surface area contributed by atoms with Gasteiger partial charge in [0.15, 0.2) is 0 Å². The van der Waals surface area contributed by atoms with Gasteiger partial charge in [-0.15, -0.1) is 0 Å². The number of hydrogen-bond acceptors (Lipinski definition) is 4. The molecule has 2 N–H and O–H groups in total. The van der Waals surface area contributed by atoms with Crippen LogP contribution < -0.4 is 4.74 Å². The standard InChI is InChI=1S/C19H16N2O4/c22-17-14-10-13(19(23)24)6-7-15(14)25-18(12-4-2-1-3-5-12)16(17)21-9-8-20-11-21/h1-11,16-18,22H,(H,23,24). The third kappa shape index (κ3) is 2.66. The van der Waals surface area contributed by atoms with Crippen molar-refractivity contribution in [2.75, 3.05) is 0 Å². The number of aliphatic hydroxyl groups excluding tert-OH is 1. The molecule has 0 radical (unpaired) electrons. The van der Waals surface area contributed by atoms with Crippen LogP contribution in [0.15, 0.2) is 67.3 Å². The van der Waals surface area contributed by atoms with Gasteiger partial charge in [-0.2, -0.15) is 0 Å². The van der Waals surface area contributed by atoms with Crippen LogP contribution in [0.5, 0.6) is 5.75 Å². The summed E-state index contributed by atoms with van der Waals surface area (Å²) >= 11 is 0. The predicted octanol–water partition coefficient (Wildman–Crippen LogP) is 2.99. The van der Waals surface area contributed by atoms with E-state index in [9.17, 15) is 15.0 Å². The van der Waals surface area contributed by atoms with Crippen molar-refractivity contribution < 1.29 is 19.7 Å². The number of aliphatic hydroxyl groups is 1. The number of fused-ring (bicyclic) bond motifs is 1. The number of nitrogens with zero attached hydrogens (tertiary/aromatic N) is 2. The van der Waals surface area contributed by atoms with E-state index in [-0.39, 0.29) is 5.56 Å². The number of rotatable bonds is 3. The second-order valence-corrected chi connectivity index (χ2v) is 5.95. The first kappa shape index (κ1) is 15.4. The molecule has 2 heterocycles. The molecule has 2 aromatic carbocycles. The quantitative estimate of drug-likeness (QED) is 0.768. The fourth-order valence-electron chi connectivity index (χ4n) is 3.25. The first-order valence-electron chi connectivity index (χ1n) is 7.89. The Morgan fingerprint density at radius 2 is 1.96 bits per heavy atom. The summed E-state index contributed by atoms with van der Waals surface area (Å²) in [6.07, 6.45) is 3.67. The van der Waals surface area contributed by atoms with Crippen LogP contribution in [-0.2, 0) is 0 Å². The maximum Gasteiger partial charge on any atom is 0.335 e. The van der Waals surface area contributed by atoms with Gasteiger partial charge >= 0.3 is 5.97 Å². The first-order chi connectivity index (χ1) is 12.1. The van der Waals surface area contributed by atoms with Gasteiger partial charge in [-0.05, 0) is 23.8 Å². The molecule has 0 fully saturated rings. The number of aromatic carboxylic acids is 1. The van der Waals surface area contributed by atoms with Gasteiger partial charge < -0.3 is 19.5 Å². The second-order valence-electron chi connectivity index (χ2n) is 5.95. The highest BCUT2D eigenvalue weighted by molar-refractivity contribution is 5.88. The summed E-state index contributed by atoms with van der Waals surface area (Å²) in [6, 6.07) is 13.7. The van der Waals surface area contributed by atoms with Crippen LogP contribution in [0.4, 0.5) is 0 Å². The van der Waals surface area contributed by atoms with Crippen LogP contribution in [0.2, 0.25) is 0 Å². The van der Waals surface area contributed by atoms with Crippen LogP contribution in [0.1, 0.15) is 39.7 Å². The molecule has 1 aromatic heterocycles. The lowest BCUT2D eigenvalue weighted by Gasteiger charge is -2.38. The van der Waals surface area contributed by atoms with Gasteiger partial charge in [-0.25, -0.2) is 9.78 Å². The van der Waals surface area contributed by atoms with Gasteiger partial charge in [0, 0.05) is 18.0 Å². The molecule has 3 atom stereocenters. The lowest BCUT2D eigenvalue weighted by Crippen LogP contribution is -2.32. The molecule has 1 aliphatic rings. The number of carboxylic acids is 1. The summed E-state index contributed by atoms with van der Waals surface area (Å²) in [7, 11) is 0. The van der Waals surface area contributed by atoms with Crippen LogP contribution >= 0.6 is 0 Å². The van der Waals surface area contributed by atoms with Gasteiger partial charge in [0.05, 0.1) is 11.9 Å². The Hall–Kier alpha value is -3.12. The molecule has 25 heavy (non-hydrogen) atoms. The topological polar surface area (TPSA) is 84.6 Å². The zero-order valence-corrected chi connectivity index (χ0v) is 13.2. The van der Waals surface area contributed by atoms with Gasteiger partial charge in [0.25, 0.3) is 0 Å². The molecule has 4 rings (SSSR count). The van der Waals surface area contributed by atoms with Crippen LogP contribution in [0.25, 0.3) is 0 Å². The monoisotopic (exact) mass is 336 g/mol. The maximum absolute atomic E-state index is 11.3. The maximum atomic E-state index is 11.3. The minimum absolute atomic E-state index is 0.115. The molecular formula is C19H16N2O4. The molecule has 0 spiro atoms. The molecule has 3 unspecified atom stereocenters. The van der Waals surface area contributed by atoms with Gasteiger partial charge in [0.1, 0.15) is 24.0 Å². The predicted molar refractivity (Wildman–Crippen MR) is 89.4 cm³/mol. The number of hydrogen-bond donors (Lipinski definition) is 2. The van der Waals surface area contributed by atoms with E-state index >= 15 is 0 Å². The average molecular weight is 336 g/mol. The number of carboxylic acid groups (broad SMARTS) is 1. The second kappa shape index (κ2) is 6.07. The van der Waals surface area contributed by atoms with Crippen molar-refractivity contribution in [3.05, 3.63) is 83.9 Å². The van der Waals surface area contributed by atoms with E-state index in [0.29, 0.717) is 11.3 Å². The fraction of sp³-hybridized carbons (Fsp3) is 0.158. The van der Waals surface area contributed by atoms with Crippen LogP contribution in [-0.4, -0.2) is 25.7 Å². The van der Waals surface area contributed by atoms with E-state index in [4.69, 9.17) is 4.74 Å². The van der Waals surface area contributed by atoms with Crippen molar-refractivity contribution in [1.29, 1.82) is 0 Å². The number of benzene rings is 2. The highest BCUT2D eigenvalue weighted by Gasteiger charge is 2.39. The molecule has 0 saturated carbocycles. The van der Waals surface area contributed by atoms with Crippen molar-refractivity contribution in [2.45, 2.75) is 18.2 Å². The van der Waals surface area contributed by atoms with Crippen molar-refractivity contribution in [1.82, 2.24) is 9.55 Å². The number of aromatic nitrogens is 2. The van der Waals surface area contributed by atoms with Crippen LogP contribution in [0.3, 0.4) is 0 Å². The van der Waals surface area contributed by atoms with E-state index in [1.807, 2.05) is 30.3 Å². The van der Waals surface area contributed by atoms with Crippen LogP contribution in [0, 0.1) is 0 Å². The zero-order chi connectivity index (χ0) is 17.4. The van der Waals surface area contributed by atoms with Crippen molar-refractivity contribution in [2.24, 2.45) is 0 Å². The minimum Gasteiger partial charge on any atom is -0.483 e. The SMILES string of the molecule is O=C(O)c1ccc2c(c1)C(O)C(n1ccnc1)C(c1ccccc1)O2. The smallest absolute Gasteiger partial charge is 0.335 e.